The molecule has 0 spiro atoms. The van der Waals surface area contributed by atoms with Crippen molar-refractivity contribution in [2.24, 2.45) is 5.92 Å². The molecule has 4 heterocycles. The number of hydrogen-bond donors (Lipinski definition) is 2. The molecule has 2 fully saturated rings. The summed E-state index contributed by atoms with van der Waals surface area (Å²) in [5, 5.41) is 13.4. The van der Waals surface area contributed by atoms with Gasteiger partial charge in [-0.25, -0.2) is 23.7 Å². The van der Waals surface area contributed by atoms with Gasteiger partial charge in [0, 0.05) is 37.6 Å². The fourth-order valence-electron chi connectivity index (χ4n) is 5.42. The van der Waals surface area contributed by atoms with E-state index in [2.05, 4.69) is 20.3 Å². The number of nitrogens with zero attached hydrogens (tertiary/aromatic N) is 5. The monoisotopic (exact) mass is 554 g/mol. The first-order valence-corrected chi connectivity index (χ1v) is 12.9. The van der Waals surface area contributed by atoms with E-state index in [0.717, 1.165) is 4.90 Å². The van der Waals surface area contributed by atoms with Gasteiger partial charge in [0.2, 0.25) is 5.95 Å². The van der Waals surface area contributed by atoms with Gasteiger partial charge >= 0.3 is 0 Å². The van der Waals surface area contributed by atoms with E-state index in [9.17, 15) is 19.1 Å². The molecule has 2 aromatic heterocycles. The fraction of sp³-hybridized carbons (Fsp3) is 0.370. The summed E-state index contributed by atoms with van der Waals surface area (Å²) in [5.41, 5.74) is -1.99. The van der Waals surface area contributed by atoms with Crippen LogP contribution in [0.2, 0.25) is 5.02 Å². The largest absolute Gasteiger partial charge is 0.380 e. The molecule has 1 saturated carbocycles. The lowest BCUT2D eigenvalue weighted by Gasteiger charge is -2.42. The molecule has 1 aliphatic carbocycles. The second-order valence-corrected chi connectivity index (χ2v) is 11.1. The van der Waals surface area contributed by atoms with E-state index in [1.54, 1.807) is 24.0 Å². The Kier molecular flexibility index (Phi) is 5.85. The minimum absolute atomic E-state index is 0.0535. The second-order valence-electron chi connectivity index (χ2n) is 10.7. The topological polar surface area (TPSA) is 112 Å². The predicted octanol–water partition coefficient (Wildman–Crippen LogP) is 3.16. The minimum Gasteiger partial charge on any atom is -0.380 e. The summed E-state index contributed by atoms with van der Waals surface area (Å²) in [7, 11) is 0. The van der Waals surface area contributed by atoms with Crippen LogP contribution in [0.4, 0.5) is 20.5 Å². The normalized spacial score (nSPS) is 26.2. The molecule has 3 atom stereocenters. The molecule has 6 rings (SSSR count). The van der Waals surface area contributed by atoms with Crippen molar-refractivity contribution in [3.8, 4) is 0 Å². The summed E-state index contributed by atoms with van der Waals surface area (Å²) >= 11 is 6.12. The van der Waals surface area contributed by atoms with Gasteiger partial charge in [0.25, 0.3) is 11.8 Å². The van der Waals surface area contributed by atoms with Crippen molar-refractivity contribution in [2.75, 3.05) is 29.9 Å². The van der Waals surface area contributed by atoms with Crippen LogP contribution in [0.3, 0.4) is 0 Å². The lowest BCUT2D eigenvalue weighted by atomic mass is 9.74. The quantitative estimate of drug-likeness (QED) is 0.498. The third kappa shape index (κ3) is 4.02. The van der Waals surface area contributed by atoms with E-state index in [4.69, 9.17) is 11.6 Å². The molecule has 0 bridgehead atoms. The molecule has 39 heavy (non-hydrogen) atoms. The summed E-state index contributed by atoms with van der Waals surface area (Å²) in [6, 6.07) is 7.02. The van der Waals surface area contributed by atoms with E-state index < -0.39 is 28.6 Å². The van der Waals surface area contributed by atoms with Crippen molar-refractivity contribution in [2.45, 2.75) is 37.3 Å². The molecule has 1 aromatic carbocycles. The van der Waals surface area contributed by atoms with Crippen LogP contribution in [-0.4, -0.2) is 68.0 Å². The van der Waals surface area contributed by atoms with Crippen LogP contribution in [0.5, 0.6) is 0 Å². The van der Waals surface area contributed by atoms with Crippen molar-refractivity contribution >= 4 is 35.2 Å². The van der Waals surface area contributed by atoms with Crippen LogP contribution in [0.1, 0.15) is 41.9 Å². The van der Waals surface area contributed by atoms with Crippen molar-refractivity contribution in [3.63, 3.8) is 0 Å². The summed E-state index contributed by atoms with van der Waals surface area (Å²) in [4.78, 5) is 41.8. The number of halogens is 3. The molecule has 3 aliphatic rings. The number of benzene rings is 1. The summed E-state index contributed by atoms with van der Waals surface area (Å²) in [5.74, 6) is -2.26. The smallest absolute Gasteiger partial charge is 0.263 e. The van der Waals surface area contributed by atoms with Crippen LogP contribution in [0, 0.1) is 17.6 Å². The number of likely N-dealkylation sites (tertiary alicyclic amines) is 1. The number of amides is 2. The van der Waals surface area contributed by atoms with Crippen molar-refractivity contribution in [3.05, 3.63) is 76.2 Å². The maximum atomic E-state index is 15.4. The first kappa shape index (κ1) is 25.6. The molecule has 2 aliphatic heterocycles. The van der Waals surface area contributed by atoms with Crippen molar-refractivity contribution in [1.29, 1.82) is 0 Å². The van der Waals surface area contributed by atoms with Crippen LogP contribution in [0.25, 0.3) is 0 Å². The molecule has 0 radical (unpaired) electrons. The lowest BCUT2D eigenvalue weighted by molar-refractivity contribution is -0.147. The van der Waals surface area contributed by atoms with Gasteiger partial charge in [0.1, 0.15) is 11.4 Å². The Morgan fingerprint density at radius 1 is 1.21 bits per heavy atom. The Hall–Kier alpha value is -3.70. The maximum Gasteiger partial charge on any atom is 0.263 e. The third-order valence-electron chi connectivity index (χ3n) is 7.95. The van der Waals surface area contributed by atoms with Gasteiger partial charge in [0.05, 0.1) is 27.7 Å². The van der Waals surface area contributed by atoms with Gasteiger partial charge in [-0.3, -0.25) is 14.5 Å². The zero-order valence-electron chi connectivity index (χ0n) is 21.2. The first-order chi connectivity index (χ1) is 18.5. The second kappa shape index (κ2) is 8.92. The van der Waals surface area contributed by atoms with Gasteiger partial charge in [-0.2, -0.15) is 0 Å². The number of fused-ring (bicyclic) bond motifs is 1. The van der Waals surface area contributed by atoms with Crippen molar-refractivity contribution in [1.82, 2.24) is 19.9 Å². The highest BCUT2D eigenvalue weighted by Gasteiger charge is 2.59. The molecule has 202 valence electrons. The average molecular weight is 555 g/mol. The van der Waals surface area contributed by atoms with Crippen LogP contribution < -0.4 is 10.2 Å². The van der Waals surface area contributed by atoms with Crippen LogP contribution in [-0.2, 0) is 10.2 Å². The van der Waals surface area contributed by atoms with E-state index in [-0.39, 0.29) is 58.0 Å². The predicted molar refractivity (Wildman–Crippen MR) is 138 cm³/mol. The summed E-state index contributed by atoms with van der Waals surface area (Å²) in [6.07, 6.45) is 3.16. The first-order valence-electron chi connectivity index (χ1n) is 12.6. The third-order valence-corrected chi connectivity index (χ3v) is 8.24. The van der Waals surface area contributed by atoms with Gasteiger partial charge in [-0.1, -0.05) is 30.7 Å². The lowest BCUT2D eigenvalue weighted by Crippen LogP contribution is -2.60. The maximum absolute atomic E-state index is 15.4. The number of anilines is 2. The highest BCUT2D eigenvalue weighted by atomic mass is 35.5. The van der Waals surface area contributed by atoms with E-state index in [1.165, 1.54) is 30.6 Å². The number of carbonyl (C=O) groups excluding carboxylic acids is 2. The standard InChI is InChI=1S/C27H25ClF2N6O3/c1-14-9-27(14,39)24(38)35-11-15(12-35)33-25-32-10-16-21(34-25)26(2,17-5-3-6-18(28)20(17)30)13-36(23(16)37)22-19(29)7-4-8-31-22/h3-8,10,14-15,39H,9,11-13H2,1-2H3,(H,32,33,34)/t14-,26-,27+/m1/s1. The molecule has 12 heteroatoms. The molecule has 1 saturated heterocycles. The number of rotatable bonds is 5. The van der Waals surface area contributed by atoms with E-state index in [0.29, 0.717) is 19.5 Å². The van der Waals surface area contributed by atoms with Gasteiger partial charge in [-0.15, -0.1) is 0 Å². The average Bonchev–Trinajstić information content (AvgIpc) is 3.52. The Morgan fingerprint density at radius 2 is 1.95 bits per heavy atom. The number of carbonyl (C=O) groups is 2. The Morgan fingerprint density at radius 3 is 2.64 bits per heavy atom. The van der Waals surface area contributed by atoms with Gasteiger partial charge < -0.3 is 15.3 Å². The highest BCUT2D eigenvalue weighted by Crippen LogP contribution is 2.45. The molecule has 2 N–H and O–H groups in total. The molecule has 3 aromatic rings. The van der Waals surface area contributed by atoms with Crippen LogP contribution in [0.15, 0.2) is 42.7 Å². The van der Waals surface area contributed by atoms with Gasteiger partial charge in [-0.05, 0) is 37.5 Å². The summed E-state index contributed by atoms with van der Waals surface area (Å²) in [6.45, 7) is 4.11. The zero-order valence-corrected chi connectivity index (χ0v) is 21.9. The molecule has 0 unspecified atom stereocenters. The van der Waals surface area contributed by atoms with E-state index >= 15 is 4.39 Å². The number of aromatic nitrogens is 3. The molecule has 9 nitrogen and oxygen atoms in total. The molecular weight excluding hydrogens is 530 g/mol. The number of pyridine rings is 1. The number of hydrogen-bond acceptors (Lipinski definition) is 7. The van der Waals surface area contributed by atoms with E-state index in [1.807, 2.05) is 6.92 Å². The summed E-state index contributed by atoms with van der Waals surface area (Å²) < 4.78 is 30.1. The Bertz CT molecular complexity index is 1520. The van der Waals surface area contributed by atoms with Crippen molar-refractivity contribution < 1.29 is 23.5 Å². The zero-order chi connectivity index (χ0) is 27.7. The fourth-order valence-corrected chi connectivity index (χ4v) is 5.60. The molecular formula is C27H25ClF2N6O3. The Balaban J connectivity index is 1.34. The number of aliphatic hydroxyl groups is 1. The van der Waals surface area contributed by atoms with Gasteiger partial charge in [0.15, 0.2) is 11.6 Å². The highest BCUT2D eigenvalue weighted by molar-refractivity contribution is 6.30. The SMILES string of the molecule is C[C@@H]1C[C@@]1(O)C(=O)N1CC(Nc2ncc3c(n2)[C@@](C)(c2cccc(Cl)c2F)CN(c2ncccc2F)C3=O)C1. The number of nitrogens with one attached hydrogen (secondary N) is 1. The van der Waals surface area contributed by atoms with Crippen LogP contribution >= 0.6 is 11.6 Å². The minimum atomic E-state index is -1.27. The Labute approximate surface area is 227 Å². The molecule has 2 amide bonds.